The smallest absolute Gasteiger partial charge is 0.237 e. The highest BCUT2D eigenvalue weighted by molar-refractivity contribution is 9.11. The molecule has 0 unspecified atom stereocenters. The first-order valence-corrected chi connectivity index (χ1v) is 9.78. The predicted molar refractivity (Wildman–Crippen MR) is 113 cm³/mol. The van der Waals surface area contributed by atoms with Gasteiger partial charge < -0.3 is 9.15 Å². The Morgan fingerprint density at radius 3 is 2.63 bits per heavy atom. The van der Waals surface area contributed by atoms with Gasteiger partial charge in [0.05, 0.1) is 4.47 Å². The van der Waals surface area contributed by atoms with Gasteiger partial charge in [0.1, 0.15) is 29.7 Å². The summed E-state index contributed by atoms with van der Waals surface area (Å²) in [5.41, 5.74) is 3.09. The van der Waals surface area contributed by atoms with Gasteiger partial charge in [-0.25, -0.2) is 4.99 Å². The lowest BCUT2D eigenvalue weighted by molar-refractivity contribution is 0.304. The van der Waals surface area contributed by atoms with Crippen LogP contribution in [0, 0.1) is 25.2 Å². The molecule has 0 saturated carbocycles. The molecule has 0 atom stereocenters. The molecule has 0 amide bonds. The van der Waals surface area contributed by atoms with Gasteiger partial charge in [0.2, 0.25) is 5.88 Å². The molecule has 1 heterocycles. The van der Waals surface area contributed by atoms with Crippen LogP contribution in [0.2, 0.25) is 0 Å². The average molecular weight is 488 g/mol. The maximum absolute atomic E-state index is 9.34. The first kappa shape index (κ1) is 19.4. The topological polar surface area (TPSA) is 58.5 Å². The van der Waals surface area contributed by atoms with Crippen molar-refractivity contribution in [1.82, 2.24) is 0 Å². The van der Waals surface area contributed by atoms with Crippen molar-refractivity contribution in [2.45, 2.75) is 20.5 Å². The zero-order valence-electron chi connectivity index (χ0n) is 14.8. The van der Waals surface area contributed by atoms with E-state index in [4.69, 9.17) is 9.15 Å². The Hall–Kier alpha value is -2.36. The van der Waals surface area contributed by atoms with Crippen LogP contribution in [0.3, 0.4) is 0 Å². The maximum atomic E-state index is 9.34. The second kappa shape index (κ2) is 8.55. The van der Waals surface area contributed by atoms with E-state index in [1.54, 1.807) is 6.21 Å². The molecule has 27 heavy (non-hydrogen) atoms. The second-order valence-corrected chi connectivity index (χ2v) is 7.68. The Bertz CT molecular complexity index is 1030. The van der Waals surface area contributed by atoms with Gasteiger partial charge in [-0.2, -0.15) is 5.26 Å². The van der Waals surface area contributed by atoms with Crippen LogP contribution < -0.4 is 4.74 Å². The third kappa shape index (κ3) is 4.49. The van der Waals surface area contributed by atoms with Gasteiger partial charge in [-0.05, 0) is 47.5 Å². The molecule has 0 aliphatic carbocycles. The van der Waals surface area contributed by atoms with E-state index in [1.165, 1.54) is 0 Å². The van der Waals surface area contributed by atoms with Gasteiger partial charge in [-0.3, -0.25) is 0 Å². The minimum Gasteiger partial charge on any atom is -0.487 e. The number of benzene rings is 2. The molecule has 2 aromatic carbocycles. The summed E-state index contributed by atoms with van der Waals surface area (Å²) in [6.07, 6.45) is 1.65. The lowest BCUT2D eigenvalue weighted by Crippen LogP contribution is -1.99. The van der Waals surface area contributed by atoms with Crippen LogP contribution in [-0.4, -0.2) is 6.21 Å². The van der Waals surface area contributed by atoms with Crippen molar-refractivity contribution in [1.29, 1.82) is 5.26 Å². The lowest BCUT2D eigenvalue weighted by atomic mass is 10.2. The predicted octanol–water partition coefficient (Wildman–Crippen LogP) is 6.62. The van der Waals surface area contributed by atoms with Gasteiger partial charge in [0.15, 0.2) is 0 Å². The van der Waals surface area contributed by atoms with E-state index in [9.17, 15) is 5.26 Å². The largest absolute Gasteiger partial charge is 0.487 e. The van der Waals surface area contributed by atoms with Gasteiger partial charge in [-0.1, -0.05) is 46.3 Å². The highest BCUT2D eigenvalue weighted by Gasteiger charge is 2.14. The summed E-state index contributed by atoms with van der Waals surface area (Å²) in [6.45, 7) is 4.10. The fourth-order valence-corrected chi connectivity index (χ4v) is 3.89. The van der Waals surface area contributed by atoms with Crippen LogP contribution in [-0.2, 0) is 6.61 Å². The molecule has 3 aromatic rings. The molecule has 0 radical (unpaired) electrons. The summed E-state index contributed by atoms with van der Waals surface area (Å²) in [5.74, 6) is 1.66. The fraction of sp³-hybridized carbons (Fsp3) is 0.143. The molecule has 0 fully saturated rings. The standard InChI is InChI=1S/C21H16Br2N2O2/c1-13-14(2)27-21(18(13)10-24)25-11-16-8-17(22)9-19(23)20(16)26-12-15-6-4-3-5-7-15/h3-9,11H,12H2,1-2H3. The molecule has 136 valence electrons. The zero-order chi connectivity index (χ0) is 19.4. The Morgan fingerprint density at radius 2 is 1.93 bits per heavy atom. The van der Waals surface area contributed by atoms with E-state index >= 15 is 0 Å². The summed E-state index contributed by atoms with van der Waals surface area (Å²) < 4.78 is 13.3. The van der Waals surface area contributed by atoms with Crippen molar-refractivity contribution in [2.75, 3.05) is 0 Å². The maximum Gasteiger partial charge on any atom is 0.237 e. The minimum atomic E-state index is 0.303. The molecule has 0 bridgehead atoms. The van der Waals surface area contributed by atoms with Crippen molar-refractivity contribution >= 4 is 44.0 Å². The number of furan rings is 1. The number of aliphatic imine (C=N–C) groups is 1. The Labute approximate surface area is 174 Å². The van der Waals surface area contributed by atoms with Crippen molar-refractivity contribution in [2.24, 2.45) is 4.99 Å². The Morgan fingerprint density at radius 1 is 1.19 bits per heavy atom. The number of aryl methyl sites for hydroxylation is 1. The Kier molecular flexibility index (Phi) is 6.15. The molecule has 3 rings (SSSR count). The van der Waals surface area contributed by atoms with Crippen LogP contribution in [0.1, 0.15) is 28.0 Å². The molecular formula is C21H16Br2N2O2. The zero-order valence-corrected chi connectivity index (χ0v) is 18.0. The fourth-order valence-electron chi connectivity index (χ4n) is 2.52. The number of halogens is 2. The highest BCUT2D eigenvalue weighted by atomic mass is 79.9. The molecule has 6 heteroatoms. The summed E-state index contributed by atoms with van der Waals surface area (Å²) in [4.78, 5) is 4.39. The SMILES string of the molecule is Cc1oc(N=Cc2cc(Br)cc(Br)c2OCc2ccccc2)c(C#N)c1C. The highest BCUT2D eigenvalue weighted by Crippen LogP contribution is 2.34. The van der Waals surface area contributed by atoms with Crippen LogP contribution in [0.5, 0.6) is 5.75 Å². The van der Waals surface area contributed by atoms with Crippen LogP contribution in [0.25, 0.3) is 0 Å². The molecule has 0 spiro atoms. The van der Waals surface area contributed by atoms with Gasteiger partial charge >= 0.3 is 0 Å². The van der Waals surface area contributed by atoms with Crippen LogP contribution >= 0.6 is 31.9 Å². The van der Waals surface area contributed by atoms with Crippen LogP contribution in [0.4, 0.5) is 5.88 Å². The molecule has 0 aliphatic heterocycles. The van der Waals surface area contributed by atoms with Gasteiger partial charge in [0, 0.05) is 21.8 Å². The number of nitriles is 1. The third-order valence-corrected chi connectivity index (χ3v) is 5.11. The molecule has 0 saturated heterocycles. The van der Waals surface area contributed by atoms with Crippen LogP contribution in [0.15, 0.2) is 60.8 Å². The molecule has 1 aromatic heterocycles. The van der Waals surface area contributed by atoms with Gasteiger partial charge in [-0.15, -0.1) is 0 Å². The summed E-state index contributed by atoms with van der Waals surface area (Å²) in [5, 5.41) is 9.34. The number of hydrogen-bond acceptors (Lipinski definition) is 4. The quantitative estimate of drug-likeness (QED) is 0.380. The molecule has 4 nitrogen and oxygen atoms in total. The normalized spacial score (nSPS) is 10.9. The first-order valence-electron chi connectivity index (χ1n) is 8.19. The summed E-state index contributed by atoms with van der Waals surface area (Å²) in [6, 6.07) is 15.9. The van der Waals surface area contributed by atoms with E-state index in [2.05, 4.69) is 42.9 Å². The minimum absolute atomic E-state index is 0.303. The molecule has 0 aliphatic rings. The number of rotatable bonds is 5. The van der Waals surface area contributed by atoms with E-state index in [-0.39, 0.29) is 0 Å². The van der Waals surface area contributed by atoms with Crippen molar-refractivity contribution < 1.29 is 9.15 Å². The number of hydrogen-bond donors (Lipinski definition) is 0. The van der Waals surface area contributed by atoms with Crippen molar-refractivity contribution in [3.05, 3.63) is 79.4 Å². The van der Waals surface area contributed by atoms with Crippen molar-refractivity contribution in [3.8, 4) is 11.8 Å². The summed E-state index contributed by atoms with van der Waals surface area (Å²) >= 11 is 7.04. The third-order valence-electron chi connectivity index (χ3n) is 4.06. The summed E-state index contributed by atoms with van der Waals surface area (Å²) in [7, 11) is 0. The Balaban J connectivity index is 1.93. The number of ether oxygens (including phenoxy) is 1. The van der Waals surface area contributed by atoms with E-state index < -0.39 is 0 Å². The van der Waals surface area contributed by atoms with E-state index in [1.807, 2.05) is 56.3 Å². The van der Waals surface area contributed by atoms with Gasteiger partial charge in [0.25, 0.3) is 0 Å². The average Bonchev–Trinajstić information content (AvgIpc) is 2.93. The van der Waals surface area contributed by atoms with Crippen molar-refractivity contribution in [3.63, 3.8) is 0 Å². The van der Waals surface area contributed by atoms with E-state index in [0.29, 0.717) is 29.6 Å². The second-order valence-electron chi connectivity index (χ2n) is 5.91. The molecule has 0 N–H and O–H groups in total. The monoisotopic (exact) mass is 486 g/mol. The van der Waals surface area contributed by atoms with E-state index in [0.717, 1.165) is 25.6 Å². The molecular weight excluding hydrogens is 472 g/mol. The number of nitrogens with zero attached hydrogens (tertiary/aromatic N) is 2. The lowest BCUT2D eigenvalue weighted by Gasteiger charge is -2.12. The first-order chi connectivity index (χ1) is 13.0.